The number of anilines is 2. The molecule has 234 valence electrons. The lowest BCUT2D eigenvalue weighted by molar-refractivity contribution is -0.419. The van der Waals surface area contributed by atoms with Crippen molar-refractivity contribution < 1.29 is 33.5 Å². The minimum absolute atomic E-state index is 0.0846. The van der Waals surface area contributed by atoms with E-state index >= 15 is 0 Å². The number of benzene rings is 2. The van der Waals surface area contributed by atoms with Gasteiger partial charge >= 0.3 is 5.97 Å². The monoisotopic (exact) mass is 651 g/mol. The first kappa shape index (κ1) is 31.6. The average Bonchev–Trinajstić information content (AvgIpc) is 3.33. The lowest BCUT2D eigenvalue weighted by Crippen LogP contribution is -2.52. The molecule has 3 aromatic rings. The normalized spacial score (nSPS) is 15.5. The number of fused-ring (bicyclic) bond motifs is 1. The van der Waals surface area contributed by atoms with E-state index < -0.39 is 16.4 Å². The number of methoxy groups -OCH3 is 2. The summed E-state index contributed by atoms with van der Waals surface area (Å²) in [5, 5.41) is 16.9. The van der Waals surface area contributed by atoms with Crippen LogP contribution in [-0.4, -0.2) is 43.6 Å². The summed E-state index contributed by atoms with van der Waals surface area (Å²) < 4.78 is 23.0. The molecule has 1 aliphatic carbocycles. The molecule has 1 aliphatic heterocycles. The topological polar surface area (TPSA) is 129 Å². The van der Waals surface area contributed by atoms with Crippen molar-refractivity contribution in [3.05, 3.63) is 103 Å². The molecule has 0 saturated heterocycles. The maximum Gasteiger partial charge on any atom is 0.355 e. The number of carbonyl (C=O) groups is 2. The first-order chi connectivity index (χ1) is 21.4. The molecular weight excluding hydrogens is 622 g/mol. The molecule has 1 amide bonds. The number of ether oxygens (including phenoxy) is 4. The molecule has 13 heteroatoms. The number of hydrogen-bond acceptors (Lipinski definition) is 10. The fourth-order valence-electron chi connectivity index (χ4n) is 5.20. The van der Waals surface area contributed by atoms with Gasteiger partial charge in [0.25, 0.3) is 11.6 Å². The molecule has 1 aromatic heterocycles. The van der Waals surface area contributed by atoms with E-state index in [1.807, 2.05) is 12.1 Å². The predicted molar refractivity (Wildman–Crippen MR) is 171 cm³/mol. The Morgan fingerprint density at radius 1 is 1.16 bits per heavy atom. The fraction of sp³-hybridized carbons (Fsp3) is 0.250. The first-order valence-corrected chi connectivity index (χ1v) is 15.0. The highest BCUT2D eigenvalue weighted by Gasteiger charge is 2.39. The Kier molecular flexibility index (Phi) is 8.89. The van der Waals surface area contributed by atoms with Crippen LogP contribution in [0.1, 0.15) is 35.5 Å². The SMILES string of the molecule is COC1=C(OCc2c(-c3ccc(OC(=O)c4sccc4Cl)cc3OC)ccc3c2N(C)C(=O)C(C)(C)N3)C=C([N+](=O)[O-])C=CC1. The summed E-state index contributed by atoms with van der Waals surface area (Å²) in [6.07, 6.45) is 4.63. The summed E-state index contributed by atoms with van der Waals surface area (Å²) in [7, 11) is 4.65. The molecule has 0 saturated carbocycles. The van der Waals surface area contributed by atoms with E-state index in [4.69, 9.17) is 30.5 Å². The van der Waals surface area contributed by atoms with Gasteiger partial charge < -0.3 is 29.2 Å². The summed E-state index contributed by atoms with van der Waals surface area (Å²) in [6, 6.07) is 10.3. The minimum Gasteiger partial charge on any atom is -0.497 e. The van der Waals surface area contributed by atoms with Crippen LogP contribution < -0.4 is 19.7 Å². The summed E-state index contributed by atoms with van der Waals surface area (Å²) in [5.74, 6) is 0.479. The predicted octanol–water partition coefficient (Wildman–Crippen LogP) is 6.96. The van der Waals surface area contributed by atoms with Gasteiger partial charge in [-0.15, -0.1) is 11.3 Å². The number of thiophene rings is 1. The lowest BCUT2D eigenvalue weighted by atomic mass is 9.91. The molecule has 0 bridgehead atoms. The van der Waals surface area contributed by atoms with Crippen molar-refractivity contribution in [1.82, 2.24) is 0 Å². The molecule has 2 aromatic carbocycles. The van der Waals surface area contributed by atoms with Crippen molar-refractivity contribution in [1.29, 1.82) is 0 Å². The third-order valence-corrected chi connectivity index (χ3v) is 8.68. The van der Waals surface area contributed by atoms with E-state index in [9.17, 15) is 19.7 Å². The molecule has 0 spiro atoms. The van der Waals surface area contributed by atoms with Crippen LogP contribution in [0.15, 0.2) is 77.2 Å². The van der Waals surface area contributed by atoms with Gasteiger partial charge in [0.15, 0.2) is 5.76 Å². The highest BCUT2D eigenvalue weighted by atomic mass is 35.5. The molecule has 0 fully saturated rings. The zero-order chi connectivity index (χ0) is 32.5. The number of rotatable bonds is 9. The highest BCUT2D eigenvalue weighted by Crippen LogP contribution is 2.45. The van der Waals surface area contributed by atoms with E-state index in [1.165, 1.54) is 37.7 Å². The van der Waals surface area contributed by atoms with E-state index in [0.717, 1.165) is 0 Å². The van der Waals surface area contributed by atoms with Gasteiger partial charge in [-0.25, -0.2) is 4.79 Å². The molecule has 11 nitrogen and oxygen atoms in total. The molecular formula is C32H30ClN3O8S. The third-order valence-electron chi connectivity index (χ3n) is 7.36. The van der Waals surface area contributed by atoms with Crippen LogP contribution in [0.4, 0.5) is 11.4 Å². The Balaban J connectivity index is 1.59. The number of esters is 1. The quantitative estimate of drug-likeness (QED) is 0.113. The van der Waals surface area contributed by atoms with Gasteiger partial charge in [-0.2, -0.15) is 0 Å². The Labute approximate surface area is 268 Å². The zero-order valence-electron chi connectivity index (χ0n) is 25.1. The van der Waals surface area contributed by atoms with Gasteiger partial charge in [0.05, 0.1) is 41.6 Å². The van der Waals surface area contributed by atoms with Gasteiger partial charge in [0.1, 0.15) is 34.3 Å². The number of nitro groups is 1. The van der Waals surface area contributed by atoms with Crippen LogP contribution in [0.3, 0.4) is 0 Å². The average molecular weight is 652 g/mol. The zero-order valence-corrected chi connectivity index (χ0v) is 26.7. The molecule has 2 heterocycles. The Morgan fingerprint density at radius 3 is 2.58 bits per heavy atom. The number of amides is 1. The van der Waals surface area contributed by atoms with Crippen LogP contribution in [0.2, 0.25) is 5.02 Å². The Hall–Kier alpha value is -4.81. The van der Waals surface area contributed by atoms with E-state index in [2.05, 4.69) is 5.32 Å². The second-order valence-electron chi connectivity index (χ2n) is 10.7. The maximum atomic E-state index is 13.4. The van der Waals surface area contributed by atoms with Gasteiger partial charge in [-0.3, -0.25) is 14.9 Å². The van der Waals surface area contributed by atoms with Crippen LogP contribution in [0, 0.1) is 10.1 Å². The van der Waals surface area contributed by atoms with Crippen LogP contribution in [0.25, 0.3) is 11.1 Å². The highest BCUT2D eigenvalue weighted by molar-refractivity contribution is 7.12. The van der Waals surface area contributed by atoms with Crippen LogP contribution in [0.5, 0.6) is 11.5 Å². The number of halogens is 1. The molecule has 0 atom stereocenters. The van der Waals surface area contributed by atoms with E-state index in [0.29, 0.717) is 44.6 Å². The van der Waals surface area contributed by atoms with Crippen LogP contribution in [-0.2, 0) is 20.9 Å². The fourth-order valence-corrected chi connectivity index (χ4v) is 6.21. The van der Waals surface area contributed by atoms with Crippen molar-refractivity contribution in [2.24, 2.45) is 0 Å². The first-order valence-electron chi connectivity index (χ1n) is 13.7. The summed E-state index contributed by atoms with van der Waals surface area (Å²) in [4.78, 5) is 39.0. The third kappa shape index (κ3) is 6.24. The number of carbonyl (C=O) groups excluding carboxylic acids is 2. The van der Waals surface area contributed by atoms with Gasteiger partial charge in [0, 0.05) is 36.7 Å². The van der Waals surface area contributed by atoms with Crippen molar-refractivity contribution >= 4 is 46.2 Å². The number of allylic oxidation sites excluding steroid dienone is 3. The number of hydrogen-bond donors (Lipinski definition) is 1. The maximum absolute atomic E-state index is 13.4. The van der Waals surface area contributed by atoms with Gasteiger partial charge in [-0.1, -0.05) is 23.7 Å². The Morgan fingerprint density at radius 2 is 1.91 bits per heavy atom. The number of nitrogens with zero attached hydrogens (tertiary/aromatic N) is 2. The molecule has 2 aliphatic rings. The van der Waals surface area contributed by atoms with E-state index in [1.54, 1.807) is 61.5 Å². The molecule has 5 rings (SSSR count). The van der Waals surface area contributed by atoms with Crippen LogP contribution >= 0.6 is 22.9 Å². The number of likely N-dealkylation sites (N-methyl/N-ethyl adjacent to an activating group) is 1. The molecule has 0 unspecified atom stereocenters. The van der Waals surface area contributed by atoms with E-state index in [-0.39, 0.29) is 41.0 Å². The largest absolute Gasteiger partial charge is 0.497 e. The van der Waals surface area contributed by atoms with Gasteiger partial charge in [0.2, 0.25) is 0 Å². The van der Waals surface area contributed by atoms with Crippen molar-refractivity contribution in [2.75, 3.05) is 31.5 Å². The Bertz CT molecular complexity index is 1790. The second-order valence-corrected chi connectivity index (χ2v) is 12.0. The summed E-state index contributed by atoms with van der Waals surface area (Å²) >= 11 is 7.28. The minimum atomic E-state index is -0.863. The lowest BCUT2D eigenvalue weighted by Gasteiger charge is -2.39. The van der Waals surface area contributed by atoms with Crippen molar-refractivity contribution in [2.45, 2.75) is 32.4 Å². The smallest absolute Gasteiger partial charge is 0.355 e. The summed E-state index contributed by atoms with van der Waals surface area (Å²) in [5.41, 5.74) is 2.16. The number of nitrogens with one attached hydrogen (secondary N) is 1. The second kappa shape index (κ2) is 12.7. The molecule has 45 heavy (non-hydrogen) atoms. The summed E-state index contributed by atoms with van der Waals surface area (Å²) in [6.45, 7) is 3.51. The molecule has 1 N–H and O–H groups in total. The van der Waals surface area contributed by atoms with Crippen molar-refractivity contribution in [3.63, 3.8) is 0 Å². The van der Waals surface area contributed by atoms with Gasteiger partial charge in [-0.05, 0) is 49.1 Å². The standard InChI is InChI=1S/C32H30ClN3O8S/c1-32(2)31(38)35(3)28-22(17-43-27-15-18(36(39)40)7-6-8-25(27)41-4)20(11-12-24(28)34-32)21-10-9-19(16-26(21)42-5)44-30(37)29-23(33)13-14-45-29/h6-7,9-16,34H,8,17H2,1-5H3. The molecule has 0 radical (unpaired) electrons. The van der Waals surface area contributed by atoms with Crippen molar-refractivity contribution in [3.8, 4) is 22.6 Å².